The monoisotopic (exact) mass is 584 g/mol. The number of carbonyl (C=O) groups excluding carboxylic acids is 2. The van der Waals surface area contributed by atoms with Gasteiger partial charge >= 0.3 is 0 Å². The minimum Gasteiger partial charge on any atom is -0.341 e. The first-order chi connectivity index (χ1) is 20.2. The van der Waals surface area contributed by atoms with Crippen molar-refractivity contribution in [3.8, 4) is 0 Å². The maximum atomic E-state index is 14.1. The predicted octanol–water partition coefficient (Wildman–Crippen LogP) is 4.99. The number of para-hydroxylation sites is 1. The van der Waals surface area contributed by atoms with E-state index in [9.17, 15) is 18.0 Å². The lowest BCUT2D eigenvalue weighted by Gasteiger charge is -2.38. The number of amides is 2. The third-order valence-electron chi connectivity index (χ3n) is 8.08. The summed E-state index contributed by atoms with van der Waals surface area (Å²) in [6, 6.07) is 27.0. The molecule has 0 saturated carbocycles. The number of benzene rings is 4. The van der Waals surface area contributed by atoms with Crippen molar-refractivity contribution in [1.82, 2.24) is 9.62 Å². The van der Waals surface area contributed by atoms with Crippen LogP contribution in [-0.4, -0.2) is 50.8 Å². The number of aryl methyl sites for hydroxylation is 1. The summed E-state index contributed by atoms with van der Waals surface area (Å²) in [7, 11) is -3.94. The average molecular weight is 585 g/mol. The molecule has 4 aromatic rings. The number of hydrogen-bond donors (Lipinski definition) is 2. The highest BCUT2D eigenvalue weighted by Crippen LogP contribution is 2.37. The van der Waals surface area contributed by atoms with E-state index in [-0.39, 0.29) is 35.2 Å². The van der Waals surface area contributed by atoms with Gasteiger partial charge in [-0.1, -0.05) is 74.0 Å². The minimum atomic E-state index is -3.94. The van der Waals surface area contributed by atoms with Crippen molar-refractivity contribution >= 4 is 44.0 Å². The molecule has 1 fully saturated rings. The maximum Gasteiger partial charge on any atom is 0.263 e. The lowest BCUT2D eigenvalue weighted by atomic mass is 9.90. The van der Waals surface area contributed by atoms with Crippen LogP contribution in [0, 0.1) is 12.8 Å². The van der Waals surface area contributed by atoms with Crippen LogP contribution in [0.25, 0.3) is 10.8 Å². The third kappa shape index (κ3) is 5.81. The quantitative estimate of drug-likeness (QED) is 0.303. The first-order valence-corrected chi connectivity index (χ1v) is 15.7. The summed E-state index contributed by atoms with van der Waals surface area (Å²) in [5, 5.41) is 1.16. The fraction of sp³-hybridized carbons (Fsp3) is 0.273. The van der Waals surface area contributed by atoms with E-state index in [1.165, 1.54) is 0 Å². The minimum absolute atomic E-state index is 0.0325. The average Bonchev–Trinajstić information content (AvgIpc) is 3.01. The number of sulfonamides is 1. The summed E-state index contributed by atoms with van der Waals surface area (Å²) in [4.78, 5) is 29.8. The summed E-state index contributed by atoms with van der Waals surface area (Å²) in [6.07, 6.45) is 1.22. The molecule has 0 aromatic heterocycles. The van der Waals surface area contributed by atoms with Crippen LogP contribution in [0.1, 0.15) is 35.7 Å². The Morgan fingerprint density at radius 3 is 2.29 bits per heavy atom. The van der Waals surface area contributed by atoms with Gasteiger partial charge in [0.15, 0.2) is 0 Å². The highest BCUT2D eigenvalue weighted by molar-refractivity contribution is 7.89. The summed E-state index contributed by atoms with van der Waals surface area (Å²) in [5.41, 5.74) is 8.23. The van der Waals surface area contributed by atoms with Gasteiger partial charge in [-0.05, 0) is 55.2 Å². The first kappa shape index (κ1) is 29.4. The van der Waals surface area contributed by atoms with Crippen LogP contribution in [0.3, 0.4) is 0 Å². The SMILES string of the molecule is CCC1CN(C(=O)CN)CCC1NS(=O)(=O)c1ccc(N(C(=O)c2ccccc2C)c2ccccc2)c2ccccc12. The highest BCUT2D eigenvalue weighted by atomic mass is 32.2. The van der Waals surface area contributed by atoms with Crippen molar-refractivity contribution in [3.05, 3.63) is 102 Å². The maximum absolute atomic E-state index is 14.1. The molecule has 8 nitrogen and oxygen atoms in total. The first-order valence-electron chi connectivity index (χ1n) is 14.2. The molecule has 2 amide bonds. The van der Waals surface area contributed by atoms with E-state index in [0.29, 0.717) is 53.6 Å². The number of carbonyl (C=O) groups is 2. The molecule has 218 valence electrons. The standard InChI is InChI=1S/C33H36N4O4S/c1-3-24-22-36(32(38)21-34)20-19-29(24)35-42(40,41)31-18-17-30(27-15-9-10-16-28(27)31)37(25-12-5-4-6-13-25)33(39)26-14-8-7-11-23(26)2/h4-18,24,29,35H,3,19-22,34H2,1-2H3. The number of nitrogens with zero attached hydrogens (tertiary/aromatic N) is 2. The van der Waals surface area contributed by atoms with Crippen molar-refractivity contribution in [2.45, 2.75) is 37.6 Å². The fourth-order valence-electron chi connectivity index (χ4n) is 5.78. The zero-order valence-electron chi connectivity index (χ0n) is 23.9. The second-order valence-corrected chi connectivity index (χ2v) is 12.3. The molecule has 3 N–H and O–H groups in total. The van der Waals surface area contributed by atoms with Gasteiger partial charge in [0.05, 0.1) is 17.1 Å². The molecule has 5 rings (SSSR count). The van der Waals surface area contributed by atoms with Crippen molar-refractivity contribution in [2.24, 2.45) is 11.7 Å². The second-order valence-electron chi connectivity index (χ2n) is 10.6. The smallest absolute Gasteiger partial charge is 0.263 e. The predicted molar refractivity (Wildman–Crippen MR) is 166 cm³/mol. The van der Waals surface area contributed by atoms with Crippen LogP contribution in [-0.2, 0) is 14.8 Å². The molecule has 0 radical (unpaired) electrons. The second kappa shape index (κ2) is 12.4. The topological polar surface area (TPSA) is 113 Å². The molecule has 42 heavy (non-hydrogen) atoms. The van der Waals surface area contributed by atoms with Crippen molar-refractivity contribution < 1.29 is 18.0 Å². The summed E-state index contributed by atoms with van der Waals surface area (Å²) in [5.74, 6) is -0.364. The third-order valence-corrected chi connectivity index (χ3v) is 9.62. The number of fused-ring (bicyclic) bond motifs is 1. The summed E-state index contributed by atoms with van der Waals surface area (Å²) in [6.45, 7) is 4.75. The van der Waals surface area contributed by atoms with E-state index in [1.54, 1.807) is 40.1 Å². The van der Waals surface area contributed by atoms with Gasteiger partial charge in [0.1, 0.15) is 0 Å². The van der Waals surface area contributed by atoms with Gasteiger partial charge in [0.25, 0.3) is 5.91 Å². The molecule has 1 saturated heterocycles. The normalized spacial score (nSPS) is 17.3. The number of rotatable bonds is 8. The number of hydrogen-bond acceptors (Lipinski definition) is 5. The molecule has 1 aliphatic rings. The molecule has 0 spiro atoms. The molecule has 2 unspecified atom stereocenters. The summed E-state index contributed by atoms with van der Waals surface area (Å²) < 4.78 is 30.8. The van der Waals surface area contributed by atoms with Crippen LogP contribution >= 0.6 is 0 Å². The molecular formula is C33H36N4O4S. The molecule has 1 aliphatic heterocycles. The Hall–Kier alpha value is -4.05. The van der Waals surface area contributed by atoms with Gasteiger partial charge in [0, 0.05) is 41.2 Å². The van der Waals surface area contributed by atoms with E-state index in [2.05, 4.69) is 4.72 Å². The zero-order valence-corrected chi connectivity index (χ0v) is 24.7. The van der Waals surface area contributed by atoms with Crippen LogP contribution in [0.15, 0.2) is 95.9 Å². The lowest BCUT2D eigenvalue weighted by molar-refractivity contribution is -0.131. The van der Waals surface area contributed by atoms with Crippen LogP contribution < -0.4 is 15.4 Å². The molecule has 4 aromatic carbocycles. The van der Waals surface area contributed by atoms with Crippen molar-refractivity contribution in [1.29, 1.82) is 0 Å². The number of nitrogens with one attached hydrogen (secondary N) is 1. The molecule has 0 aliphatic carbocycles. The number of piperidine rings is 1. The zero-order chi connectivity index (χ0) is 29.9. The van der Waals surface area contributed by atoms with Gasteiger partial charge in [-0.2, -0.15) is 0 Å². The molecular weight excluding hydrogens is 548 g/mol. The van der Waals surface area contributed by atoms with Gasteiger partial charge in [0.2, 0.25) is 15.9 Å². The van der Waals surface area contributed by atoms with Crippen LogP contribution in [0.4, 0.5) is 11.4 Å². The van der Waals surface area contributed by atoms with Gasteiger partial charge < -0.3 is 10.6 Å². The Balaban J connectivity index is 1.56. The van der Waals surface area contributed by atoms with Gasteiger partial charge in [-0.15, -0.1) is 0 Å². The van der Waals surface area contributed by atoms with E-state index < -0.39 is 10.0 Å². The van der Waals surface area contributed by atoms with Crippen LogP contribution in [0.5, 0.6) is 0 Å². The van der Waals surface area contributed by atoms with E-state index in [4.69, 9.17) is 5.73 Å². The number of likely N-dealkylation sites (tertiary alicyclic amines) is 1. The largest absolute Gasteiger partial charge is 0.341 e. The summed E-state index contributed by atoms with van der Waals surface area (Å²) >= 11 is 0. The van der Waals surface area contributed by atoms with E-state index >= 15 is 0 Å². The number of anilines is 2. The number of nitrogens with two attached hydrogens (primary N) is 1. The molecule has 9 heteroatoms. The van der Waals surface area contributed by atoms with Crippen molar-refractivity contribution in [3.63, 3.8) is 0 Å². The highest BCUT2D eigenvalue weighted by Gasteiger charge is 2.34. The van der Waals surface area contributed by atoms with Gasteiger partial charge in [-0.3, -0.25) is 14.5 Å². The van der Waals surface area contributed by atoms with Gasteiger partial charge in [-0.25, -0.2) is 13.1 Å². The Bertz CT molecular complexity index is 1710. The lowest BCUT2D eigenvalue weighted by Crippen LogP contribution is -2.53. The Morgan fingerprint density at radius 2 is 1.60 bits per heavy atom. The molecule has 2 atom stereocenters. The van der Waals surface area contributed by atoms with E-state index in [0.717, 1.165) is 5.56 Å². The molecule has 1 heterocycles. The Kier molecular flexibility index (Phi) is 8.72. The van der Waals surface area contributed by atoms with Crippen LogP contribution in [0.2, 0.25) is 0 Å². The van der Waals surface area contributed by atoms with E-state index in [1.807, 2.05) is 74.5 Å². The fourth-order valence-corrected chi connectivity index (χ4v) is 7.33. The van der Waals surface area contributed by atoms with Crippen molar-refractivity contribution in [2.75, 3.05) is 24.5 Å². The Morgan fingerprint density at radius 1 is 0.929 bits per heavy atom. The molecule has 0 bridgehead atoms. The Labute approximate surface area is 247 Å².